The molecule has 0 unspecified atom stereocenters. The van der Waals surface area contributed by atoms with Gasteiger partial charge in [-0.05, 0) is 19.9 Å². The number of para-hydroxylation sites is 1. The molecule has 1 aromatic heterocycles. The van der Waals surface area contributed by atoms with E-state index in [1.165, 1.54) is 0 Å². The van der Waals surface area contributed by atoms with Crippen molar-refractivity contribution in [3.05, 3.63) is 36.1 Å². The SMILES string of the molecule is C[C@@H]1CN(CC(=O)c2coc3ccccc23)C[C@H](C)O1. The number of ketones is 1. The van der Waals surface area contributed by atoms with Gasteiger partial charge in [0.15, 0.2) is 5.78 Å². The molecule has 0 aliphatic carbocycles. The first-order chi connectivity index (χ1) is 9.63. The molecular formula is C16H19NO3. The zero-order valence-electron chi connectivity index (χ0n) is 11.8. The number of hydrogen-bond acceptors (Lipinski definition) is 4. The molecule has 0 amide bonds. The summed E-state index contributed by atoms with van der Waals surface area (Å²) in [6.45, 7) is 6.10. The van der Waals surface area contributed by atoms with Crippen molar-refractivity contribution in [1.29, 1.82) is 0 Å². The molecule has 1 fully saturated rings. The first-order valence-corrected chi connectivity index (χ1v) is 7.00. The molecule has 1 aliphatic heterocycles. The minimum absolute atomic E-state index is 0.108. The first-order valence-electron chi connectivity index (χ1n) is 7.00. The molecule has 2 aromatic rings. The van der Waals surface area contributed by atoms with E-state index in [2.05, 4.69) is 4.90 Å². The highest BCUT2D eigenvalue weighted by atomic mass is 16.5. The van der Waals surface area contributed by atoms with E-state index in [1.807, 2.05) is 38.1 Å². The molecule has 1 saturated heterocycles. The number of fused-ring (bicyclic) bond motifs is 1. The average Bonchev–Trinajstić information content (AvgIpc) is 2.81. The molecule has 1 aliphatic rings. The van der Waals surface area contributed by atoms with Gasteiger partial charge >= 0.3 is 0 Å². The molecule has 0 N–H and O–H groups in total. The van der Waals surface area contributed by atoms with Crippen molar-refractivity contribution < 1.29 is 13.9 Å². The Labute approximate surface area is 118 Å². The number of morpholine rings is 1. The lowest BCUT2D eigenvalue weighted by Gasteiger charge is -2.34. The van der Waals surface area contributed by atoms with Crippen LogP contribution in [0.2, 0.25) is 0 Å². The van der Waals surface area contributed by atoms with E-state index in [4.69, 9.17) is 9.15 Å². The molecule has 0 spiro atoms. The number of hydrogen-bond donors (Lipinski definition) is 0. The van der Waals surface area contributed by atoms with Gasteiger partial charge in [-0.25, -0.2) is 0 Å². The third-order valence-corrected chi connectivity index (χ3v) is 3.64. The van der Waals surface area contributed by atoms with Crippen LogP contribution in [-0.2, 0) is 4.74 Å². The number of nitrogens with zero attached hydrogens (tertiary/aromatic N) is 1. The van der Waals surface area contributed by atoms with Crippen LogP contribution in [0.3, 0.4) is 0 Å². The minimum Gasteiger partial charge on any atom is -0.464 e. The van der Waals surface area contributed by atoms with Crippen molar-refractivity contribution in [3.8, 4) is 0 Å². The van der Waals surface area contributed by atoms with Crippen LogP contribution in [0.4, 0.5) is 0 Å². The van der Waals surface area contributed by atoms with Crippen LogP contribution in [0.15, 0.2) is 34.9 Å². The molecule has 20 heavy (non-hydrogen) atoms. The second kappa shape index (κ2) is 5.38. The summed E-state index contributed by atoms with van der Waals surface area (Å²) in [5.74, 6) is 0.108. The topological polar surface area (TPSA) is 42.7 Å². The Morgan fingerprint density at radius 3 is 2.70 bits per heavy atom. The molecule has 2 heterocycles. The Morgan fingerprint density at radius 1 is 1.25 bits per heavy atom. The van der Waals surface area contributed by atoms with Crippen molar-refractivity contribution in [2.45, 2.75) is 26.1 Å². The standard InChI is InChI=1S/C16H19NO3/c1-11-7-17(8-12(2)20-11)9-15(18)14-10-19-16-6-4-3-5-13(14)16/h3-6,10-12H,7-9H2,1-2H3/t11-,12+. The highest BCUT2D eigenvalue weighted by Crippen LogP contribution is 2.22. The molecule has 1 aromatic carbocycles. The molecular weight excluding hydrogens is 254 g/mol. The third-order valence-electron chi connectivity index (χ3n) is 3.64. The van der Waals surface area contributed by atoms with Crippen molar-refractivity contribution >= 4 is 16.8 Å². The fourth-order valence-corrected chi connectivity index (χ4v) is 2.90. The summed E-state index contributed by atoms with van der Waals surface area (Å²) in [4.78, 5) is 14.6. The summed E-state index contributed by atoms with van der Waals surface area (Å²) in [7, 11) is 0. The fourth-order valence-electron chi connectivity index (χ4n) is 2.90. The second-order valence-corrected chi connectivity index (χ2v) is 5.52. The molecule has 0 radical (unpaired) electrons. The van der Waals surface area contributed by atoms with Gasteiger partial charge in [-0.1, -0.05) is 18.2 Å². The van der Waals surface area contributed by atoms with E-state index in [0.29, 0.717) is 12.1 Å². The molecule has 0 bridgehead atoms. The number of carbonyl (C=O) groups is 1. The number of furan rings is 1. The predicted molar refractivity (Wildman–Crippen MR) is 77.0 cm³/mol. The molecule has 106 valence electrons. The van der Waals surface area contributed by atoms with Crippen LogP contribution >= 0.6 is 0 Å². The van der Waals surface area contributed by atoms with Gasteiger partial charge in [0.05, 0.1) is 24.3 Å². The van der Waals surface area contributed by atoms with Gasteiger partial charge in [-0.15, -0.1) is 0 Å². The van der Waals surface area contributed by atoms with Crippen LogP contribution in [0.25, 0.3) is 11.0 Å². The van der Waals surface area contributed by atoms with E-state index in [0.717, 1.165) is 24.1 Å². The van der Waals surface area contributed by atoms with E-state index in [9.17, 15) is 4.79 Å². The Balaban J connectivity index is 1.76. The molecule has 0 saturated carbocycles. The summed E-state index contributed by atoms with van der Waals surface area (Å²) < 4.78 is 11.1. The van der Waals surface area contributed by atoms with Gasteiger partial charge in [0.1, 0.15) is 11.8 Å². The van der Waals surface area contributed by atoms with Crippen LogP contribution in [0.5, 0.6) is 0 Å². The van der Waals surface area contributed by atoms with Crippen LogP contribution < -0.4 is 0 Å². The highest BCUT2D eigenvalue weighted by molar-refractivity contribution is 6.08. The van der Waals surface area contributed by atoms with Crippen LogP contribution in [-0.4, -0.2) is 42.5 Å². The van der Waals surface area contributed by atoms with Crippen molar-refractivity contribution in [2.75, 3.05) is 19.6 Å². The lowest BCUT2D eigenvalue weighted by molar-refractivity contribution is -0.0652. The molecule has 4 heteroatoms. The summed E-state index contributed by atoms with van der Waals surface area (Å²) >= 11 is 0. The third kappa shape index (κ3) is 2.62. The lowest BCUT2D eigenvalue weighted by Crippen LogP contribution is -2.47. The smallest absolute Gasteiger partial charge is 0.180 e. The van der Waals surface area contributed by atoms with E-state index in [1.54, 1.807) is 6.26 Å². The first kappa shape index (κ1) is 13.3. The Hall–Kier alpha value is -1.65. The van der Waals surface area contributed by atoms with E-state index >= 15 is 0 Å². The summed E-state index contributed by atoms with van der Waals surface area (Å²) in [6, 6.07) is 7.64. The number of rotatable bonds is 3. The number of Topliss-reactive ketones (excluding diaryl/α,β-unsaturated/α-hetero) is 1. The highest BCUT2D eigenvalue weighted by Gasteiger charge is 2.25. The normalized spacial score (nSPS) is 24.1. The Morgan fingerprint density at radius 2 is 1.95 bits per heavy atom. The summed E-state index contributed by atoms with van der Waals surface area (Å²) in [6.07, 6.45) is 1.92. The maximum Gasteiger partial charge on any atom is 0.180 e. The fraction of sp³-hybridized carbons (Fsp3) is 0.438. The molecule has 2 atom stereocenters. The van der Waals surface area contributed by atoms with Gasteiger partial charge in [-0.3, -0.25) is 9.69 Å². The summed E-state index contributed by atoms with van der Waals surface area (Å²) in [5.41, 5.74) is 1.44. The molecule has 4 nitrogen and oxygen atoms in total. The van der Waals surface area contributed by atoms with Crippen LogP contribution in [0, 0.1) is 0 Å². The Bertz CT molecular complexity index is 609. The van der Waals surface area contributed by atoms with Gasteiger partial charge < -0.3 is 9.15 Å². The lowest BCUT2D eigenvalue weighted by atomic mass is 10.1. The largest absolute Gasteiger partial charge is 0.464 e. The maximum atomic E-state index is 12.5. The second-order valence-electron chi connectivity index (χ2n) is 5.52. The average molecular weight is 273 g/mol. The predicted octanol–water partition coefficient (Wildman–Crippen LogP) is 2.72. The number of ether oxygens (including phenoxy) is 1. The zero-order valence-corrected chi connectivity index (χ0v) is 11.8. The van der Waals surface area contributed by atoms with E-state index in [-0.39, 0.29) is 18.0 Å². The van der Waals surface area contributed by atoms with Gasteiger partial charge in [0, 0.05) is 18.5 Å². The maximum absolute atomic E-state index is 12.5. The quantitative estimate of drug-likeness (QED) is 0.806. The van der Waals surface area contributed by atoms with Gasteiger partial charge in [0.25, 0.3) is 0 Å². The van der Waals surface area contributed by atoms with Crippen LogP contribution in [0.1, 0.15) is 24.2 Å². The summed E-state index contributed by atoms with van der Waals surface area (Å²) in [5, 5.41) is 0.895. The van der Waals surface area contributed by atoms with Gasteiger partial charge in [-0.2, -0.15) is 0 Å². The van der Waals surface area contributed by atoms with Crippen molar-refractivity contribution in [1.82, 2.24) is 4.90 Å². The molecule has 3 rings (SSSR count). The van der Waals surface area contributed by atoms with Crippen molar-refractivity contribution in [3.63, 3.8) is 0 Å². The monoisotopic (exact) mass is 273 g/mol. The Kier molecular flexibility index (Phi) is 3.59. The zero-order chi connectivity index (χ0) is 14.1. The number of carbonyl (C=O) groups excluding carboxylic acids is 1. The minimum atomic E-state index is 0.108. The van der Waals surface area contributed by atoms with Gasteiger partial charge in [0.2, 0.25) is 0 Å². The van der Waals surface area contributed by atoms with Crippen molar-refractivity contribution in [2.24, 2.45) is 0 Å². The van der Waals surface area contributed by atoms with E-state index < -0.39 is 0 Å². The number of benzene rings is 1.